The maximum Gasteiger partial charge on any atom is 0.0499 e. The van der Waals surface area contributed by atoms with E-state index in [0.717, 1.165) is 24.4 Å². The van der Waals surface area contributed by atoms with Gasteiger partial charge in [-0.3, -0.25) is 0 Å². The highest BCUT2D eigenvalue weighted by Crippen LogP contribution is 2.35. The van der Waals surface area contributed by atoms with E-state index in [1.807, 2.05) is 12.1 Å². The second-order valence-electron chi connectivity index (χ2n) is 5.87. The lowest BCUT2D eigenvalue weighted by Crippen LogP contribution is -2.39. The number of rotatable bonds is 5. The Kier molecular flexibility index (Phi) is 5.26. The van der Waals surface area contributed by atoms with Gasteiger partial charge in [0.25, 0.3) is 0 Å². The average molecular weight is 282 g/mol. The van der Waals surface area contributed by atoms with Gasteiger partial charge in [0.15, 0.2) is 0 Å². The molecule has 1 aromatic carbocycles. The van der Waals surface area contributed by atoms with Gasteiger partial charge in [0.1, 0.15) is 0 Å². The maximum absolute atomic E-state index is 9.70. The SMILES string of the molecule is C[C@@H](NCC1(CO)CCCCC1)c1ccc(Cl)cc1. The van der Waals surface area contributed by atoms with Gasteiger partial charge in [-0.15, -0.1) is 0 Å². The molecule has 2 nitrogen and oxygen atoms in total. The van der Waals surface area contributed by atoms with E-state index in [9.17, 15) is 5.11 Å². The number of halogens is 1. The summed E-state index contributed by atoms with van der Waals surface area (Å²) in [7, 11) is 0. The molecule has 1 atom stereocenters. The number of aliphatic hydroxyl groups excluding tert-OH is 1. The van der Waals surface area contributed by atoms with Crippen molar-refractivity contribution in [2.75, 3.05) is 13.2 Å². The molecule has 2 N–H and O–H groups in total. The second kappa shape index (κ2) is 6.74. The van der Waals surface area contributed by atoms with Crippen molar-refractivity contribution in [1.82, 2.24) is 5.32 Å². The fourth-order valence-corrected chi connectivity index (χ4v) is 3.06. The van der Waals surface area contributed by atoms with Crippen molar-refractivity contribution in [3.8, 4) is 0 Å². The molecule has 106 valence electrons. The Morgan fingerprint density at radius 3 is 2.42 bits per heavy atom. The summed E-state index contributed by atoms with van der Waals surface area (Å²) < 4.78 is 0. The van der Waals surface area contributed by atoms with Gasteiger partial charge in [-0.2, -0.15) is 0 Å². The normalized spacial score (nSPS) is 20.2. The molecule has 0 radical (unpaired) electrons. The predicted molar refractivity (Wildman–Crippen MR) is 80.5 cm³/mol. The van der Waals surface area contributed by atoms with Crippen LogP contribution in [0.3, 0.4) is 0 Å². The van der Waals surface area contributed by atoms with E-state index >= 15 is 0 Å². The highest BCUT2D eigenvalue weighted by molar-refractivity contribution is 6.30. The van der Waals surface area contributed by atoms with Crippen molar-refractivity contribution >= 4 is 11.6 Å². The van der Waals surface area contributed by atoms with Crippen LogP contribution in [0.25, 0.3) is 0 Å². The first-order valence-electron chi connectivity index (χ1n) is 7.25. The molecule has 19 heavy (non-hydrogen) atoms. The summed E-state index contributed by atoms with van der Waals surface area (Å²) >= 11 is 5.91. The summed E-state index contributed by atoms with van der Waals surface area (Å²) in [6, 6.07) is 8.27. The van der Waals surface area contributed by atoms with Crippen molar-refractivity contribution in [3.05, 3.63) is 34.9 Å². The summed E-state index contributed by atoms with van der Waals surface area (Å²) in [6.45, 7) is 3.36. The van der Waals surface area contributed by atoms with Crippen LogP contribution in [0.2, 0.25) is 5.02 Å². The lowest BCUT2D eigenvalue weighted by molar-refractivity contribution is 0.0789. The Hall–Kier alpha value is -0.570. The van der Waals surface area contributed by atoms with E-state index in [0.29, 0.717) is 12.6 Å². The zero-order valence-electron chi connectivity index (χ0n) is 11.7. The third-order valence-electron chi connectivity index (χ3n) is 4.40. The highest BCUT2D eigenvalue weighted by atomic mass is 35.5. The van der Waals surface area contributed by atoms with E-state index in [1.54, 1.807) is 0 Å². The van der Waals surface area contributed by atoms with Crippen LogP contribution in [0.4, 0.5) is 0 Å². The third-order valence-corrected chi connectivity index (χ3v) is 4.65. The fraction of sp³-hybridized carbons (Fsp3) is 0.625. The quantitative estimate of drug-likeness (QED) is 0.857. The number of benzene rings is 1. The minimum Gasteiger partial charge on any atom is -0.396 e. The molecule has 0 bridgehead atoms. The monoisotopic (exact) mass is 281 g/mol. The van der Waals surface area contributed by atoms with E-state index in [4.69, 9.17) is 11.6 Å². The van der Waals surface area contributed by atoms with Gasteiger partial charge in [-0.05, 0) is 37.5 Å². The minimum atomic E-state index is 0.0962. The number of hydrogen-bond acceptors (Lipinski definition) is 2. The first kappa shape index (κ1) is 14.8. The Bertz CT molecular complexity index is 384. The van der Waals surface area contributed by atoms with Crippen LogP contribution in [0.1, 0.15) is 50.6 Å². The molecule has 0 heterocycles. The zero-order chi connectivity index (χ0) is 13.7. The molecule has 0 spiro atoms. The standard InChI is InChI=1S/C16H24ClNO/c1-13(14-5-7-15(17)8-6-14)18-11-16(12-19)9-3-2-4-10-16/h5-8,13,18-19H,2-4,9-12H2,1H3/t13-/m1/s1. The molecule has 1 saturated carbocycles. The van der Waals surface area contributed by atoms with E-state index in [2.05, 4.69) is 24.4 Å². The zero-order valence-corrected chi connectivity index (χ0v) is 12.4. The van der Waals surface area contributed by atoms with Crippen LogP contribution in [-0.2, 0) is 0 Å². The molecule has 0 unspecified atom stereocenters. The summed E-state index contributed by atoms with van der Waals surface area (Å²) in [5.41, 5.74) is 1.34. The largest absolute Gasteiger partial charge is 0.396 e. The van der Waals surface area contributed by atoms with Gasteiger partial charge in [-0.1, -0.05) is 43.0 Å². The maximum atomic E-state index is 9.70. The molecule has 2 rings (SSSR count). The van der Waals surface area contributed by atoms with Gasteiger partial charge >= 0.3 is 0 Å². The van der Waals surface area contributed by atoms with Crippen molar-refractivity contribution in [1.29, 1.82) is 0 Å². The Morgan fingerprint density at radius 1 is 1.21 bits per heavy atom. The van der Waals surface area contributed by atoms with E-state index in [-0.39, 0.29) is 5.41 Å². The third kappa shape index (κ3) is 3.95. The molecular formula is C16H24ClNO. The second-order valence-corrected chi connectivity index (χ2v) is 6.31. The molecule has 0 aliphatic heterocycles. The number of nitrogens with one attached hydrogen (secondary N) is 1. The van der Waals surface area contributed by atoms with Crippen LogP contribution in [0, 0.1) is 5.41 Å². The molecule has 1 aliphatic carbocycles. The average Bonchev–Trinajstić information content (AvgIpc) is 2.46. The van der Waals surface area contributed by atoms with E-state index < -0.39 is 0 Å². The molecule has 0 amide bonds. The predicted octanol–water partition coefficient (Wildman–Crippen LogP) is 3.93. The van der Waals surface area contributed by atoms with Crippen LogP contribution >= 0.6 is 11.6 Å². The first-order chi connectivity index (χ1) is 9.15. The Morgan fingerprint density at radius 2 is 1.84 bits per heavy atom. The molecule has 1 fully saturated rings. The Balaban J connectivity index is 1.91. The van der Waals surface area contributed by atoms with Gasteiger partial charge in [-0.25, -0.2) is 0 Å². The van der Waals surface area contributed by atoms with Gasteiger partial charge in [0.05, 0.1) is 0 Å². The smallest absolute Gasteiger partial charge is 0.0499 e. The van der Waals surface area contributed by atoms with Crippen molar-refractivity contribution in [2.24, 2.45) is 5.41 Å². The van der Waals surface area contributed by atoms with E-state index in [1.165, 1.54) is 24.8 Å². The van der Waals surface area contributed by atoms with Gasteiger partial charge in [0.2, 0.25) is 0 Å². The van der Waals surface area contributed by atoms with Crippen molar-refractivity contribution < 1.29 is 5.11 Å². The van der Waals surface area contributed by atoms with Crippen LogP contribution < -0.4 is 5.32 Å². The summed E-state index contributed by atoms with van der Waals surface area (Å²) in [5.74, 6) is 0. The van der Waals surface area contributed by atoms with Gasteiger partial charge in [0, 0.05) is 29.6 Å². The summed E-state index contributed by atoms with van der Waals surface area (Å²) in [4.78, 5) is 0. The molecule has 1 aromatic rings. The van der Waals surface area contributed by atoms with Crippen LogP contribution in [0.15, 0.2) is 24.3 Å². The minimum absolute atomic E-state index is 0.0962. The molecule has 0 aromatic heterocycles. The molecule has 0 saturated heterocycles. The summed E-state index contributed by atoms with van der Waals surface area (Å²) in [5, 5.41) is 14.1. The van der Waals surface area contributed by atoms with Crippen LogP contribution in [0.5, 0.6) is 0 Å². The highest BCUT2D eigenvalue weighted by Gasteiger charge is 2.31. The van der Waals surface area contributed by atoms with Crippen LogP contribution in [-0.4, -0.2) is 18.3 Å². The lowest BCUT2D eigenvalue weighted by Gasteiger charge is -2.36. The summed E-state index contributed by atoms with van der Waals surface area (Å²) in [6.07, 6.45) is 6.09. The fourth-order valence-electron chi connectivity index (χ4n) is 2.93. The number of aliphatic hydroxyl groups is 1. The number of hydrogen-bond donors (Lipinski definition) is 2. The van der Waals surface area contributed by atoms with Gasteiger partial charge < -0.3 is 10.4 Å². The molecular weight excluding hydrogens is 258 g/mol. The van der Waals surface area contributed by atoms with Crippen molar-refractivity contribution in [2.45, 2.75) is 45.1 Å². The molecule has 1 aliphatic rings. The first-order valence-corrected chi connectivity index (χ1v) is 7.63. The molecule has 3 heteroatoms. The topological polar surface area (TPSA) is 32.3 Å². The Labute approximate surface area is 121 Å². The van der Waals surface area contributed by atoms with Crippen molar-refractivity contribution in [3.63, 3.8) is 0 Å². The lowest BCUT2D eigenvalue weighted by atomic mass is 9.74.